The number of aryl methyl sites for hydroxylation is 2. The van der Waals surface area contributed by atoms with Gasteiger partial charge >= 0.3 is 0 Å². The van der Waals surface area contributed by atoms with E-state index in [1.54, 1.807) is 26.0 Å². The van der Waals surface area contributed by atoms with Crippen LogP contribution in [0.3, 0.4) is 0 Å². The maximum atomic E-state index is 12.6. The second kappa shape index (κ2) is 7.42. The molecule has 1 aromatic carbocycles. The first-order valence-electron chi connectivity index (χ1n) is 7.28. The highest BCUT2D eigenvalue weighted by Gasteiger charge is 2.28. The van der Waals surface area contributed by atoms with Crippen LogP contribution in [0.2, 0.25) is 5.02 Å². The van der Waals surface area contributed by atoms with Gasteiger partial charge in [0.2, 0.25) is 15.9 Å². The van der Waals surface area contributed by atoms with E-state index in [-0.39, 0.29) is 11.4 Å². The SMILES string of the molecule is COc1ccc(Cl)cc1NC(=O)CN(C)S(=O)(=O)c1c(C)n[nH]c1C. The fourth-order valence-electron chi connectivity index (χ4n) is 2.33. The maximum Gasteiger partial charge on any atom is 0.246 e. The van der Waals surface area contributed by atoms with E-state index in [2.05, 4.69) is 15.5 Å². The number of anilines is 1. The Morgan fingerprint density at radius 1 is 1.40 bits per heavy atom. The quantitative estimate of drug-likeness (QED) is 0.789. The molecule has 0 saturated heterocycles. The Balaban J connectivity index is 2.17. The van der Waals surface area contributed by atoms with Crippen LogP contribution in [-0.4, -0.2) is 49.5 Å². The van der Waals surface area contributed by atoms with Gasteiger partial charge in [-0.2, -0.15) is 9.40 Å². The van der Waals surface area contributed by atoms with Gasteiger partial charge in [0.1, 0.15) is 10.6 Å². The number of amides is 1. The first-order valence-corrected chi connectivity index (χ1v) is 9.10. The number of benzene rings is 1. The van der Waals surface area contributed by atoms with Gasteiger partial charge in [-0.25, -0.2) is 8.42 Å². The van der Waals surface area contributed by atoms with Crippen LogP contribution >= 0.6 is 11.6 Å². The van der Waals surface area contributed by atoms with Crippen molar-refractivity contribution in [2.24, 2.45) is 0 Å². The Bertz CT molecular complexity index is 875. The molecule has 136 valence electrons. The van der Waals surface area contributed by atoms with Crippen molar-refractivity contribution in [3.05, 3.63) is 34.6 Å². The normalized spacial score (nSPS) is 11.6. The van der Waals surface area contributed by atoms with Gasteiger partial charge in [-0.1, -0.05) is 11.6 Å². The van der Waals surface area contributed by atoms with Gasteiger partial charge < -0.3 is 10.1 Å². The fraction of sp³-hybridized carbons (Fsp3) is 0.333. The molecule has 0 aliphatic carbocycles. The van der Waals surface area contributed by atoms with Crippen LogP contribution in [0.4, 0.5) is 5.69 Å². The largest absolute Gasteiger partial charge is 0.495 e. The third kappa shape index (κ3) is 4.12. The summed E-state index contributed by atoms with van der Waals surface area (Å²) in [7, 11) is -1.06. The van der Waals surface area contributed by atoms with Crippen LogP contribution in [0.25, 0.3) is 0 Å². The molecule has 0 spiro atoms. The van der Waals surface area contributed by atoms with Crippen molar-refractivity contribution >= 4 is 33.2 Å². The Morgan fingerprint density at radius 3 is 2.64 bits per heavy atom. The van der Waals surface area contributed by atoms with Crippen molar-refractivity contribution in [2.45, 2.75) is 18.7 Å². The Hall–Kier alpha value is -2.10. The van der Waals surface area contributed by atoms with Crippen molar-refractivity contribution in [1.29, 1.82) is 0 Å². The number of nitrogens with zero attached hydrogens (tertiary/aromatic N) is 2. The van der Waals surface area contributed by atoms with E-state index in [4.69, 9.17) is 16.3 Å². The number of sulfonamides is 1. The molecule has 0 unspecified atom stereocenters. The van der Waals surface area contributed by atoms with Gasteiger partial charge in [-0.3, -0.25) is 9.89 Å². The maximum absolute atomic E-state index is 12.6. The summed E-state index contributed by atoms with van der Waals surface area (Å²) in [6.07, 6.45) is 0. The second-order valence-electron chi connectivity index (χ2n) is 5.42. The summed E-state index contributed by atoms with van der Waals surface area (Å²) < 4.78 is 31.4. The number of methoxy groups -OCH3 is 1. The summed E-state index contributed by atoms with van der Waals surface area (Å²) in [6, 6.07) is 4.75. The first-order chi connectivity index (χ1) is 11.7. The molecule has 8 nitrogen and oxygen atoms in total. The topological polar surface area (TPSA) is 104 Å². The monoisotopic (exact) mass is 386 g/mol. The molecule has 1 heterocycles. The molecular weight excluding hydrogens is 368 g/mol. The van der Waals surface area contributed by atoms with Crippen LogP contribution in [0.15, 0.2) is 23.1 Å². The van der Waals surface area contributed by atoms with E-state index >= 15 is 0 Å². The zero-order valence-corrected chi connectivity index (χ0v) is 15.8. The third-order valence-corrected chi connectivity index (χ3v) is 5.83. The Morgan fingerprint density at radius 2 is 2.08 bits per heavy atom. The van der Waals surface area contributed by atoms with Crippen LogP contribution < -0.4 is 10.1 Å². The molecule has 2 rings (SSSR count). The summed E-state index contributed by atoms with van der Waals surface area (Å²) in [5, 5.41) is 9.53. The molecule has 1 amide bonds. The van der Waals surface area contributed by atoms with E-state index in [0.717, 1.165) is 4.31 Å². The minimum atomic E-state index is -3.85. The lowest BCUT2D eigenvalue weighted by atomic mass is 10.3. The lowest BCUT2D eigenvalue weighted by Gasteiger charge is -2.17. The number of hydrogen-bond acceptors (Lipinski definition) is 5. The van der Waals surface area contributed by atoms with Crippen molar-refractivity contribution < 1.29 is 17.9 Å². The van der Waals surface area contributed by atoms with E-state index in [9.17, 15) is 13.2 Å². The molecule has 0 aliphatic rings. The summed E-state index contributed by atoms with van der Waals surface area (Å²) in [6.45, 7) is 2.82. The molecule has 10 heteroatoms. The number of H-pyrrole nitrogens is 1. The smallest absolute Gasteiger partial charge is 0.246 e. The van der Waals surface area contributed by atoms with Gasteiger partial charge in [0.25, 0.3) is 0 Å². The van der Waals surface area contributed by atoms with Gasteiger partial charge in [-0.05, 0) is 32.0 Å². The number of halogens is 1. The predicted molar refractivity (Wildman–Crippen MR) is 94.5 cm³/mol. The molecular formula is C15H19ClN4O4S. The number of hydrogen-bond donors (Lipinski definition) is 2. The minimum Gasteiger partial charge on any atom is -0.495 e. The zero-order chi connectivity index (χ0) is 18.8. The van der Waals surface area contributed by atoms with Crippen molar-refractivity contribution in [1.82, 2.24) is 14.5 Å². The molecule has 2 aromatic rings. The lowest BCUT2D eigenvalue weighted by Crippen LogP contribution is -2.35. The molecule has 2 N–H and O–H groups in total. The van der Waals surface area contributed by atoms with Crippen molar-refractivity contribution in [2.75, 3.05) is 26.0 Å². The van der Waals surface area contributed by atoms with Crippen molar-refractivity contribution in [3.63, 3.8) is 0 Å². The fourth-order valence-corrected chi connectivity index (χ4v) is 3.95. The summed E-state index contributed by atoms with van der Waals surface area (Å²) >= 11 is 5.91. The van der Waals surface area contributed by atoms with E-state index in [1.807, 2.05) is 0 Å². The Kier molecular flexibility index (Phi) is 5.71. The first kappa shape index (κ1) is 19.2. The summed E-state index contributed by atoms with van der Waals surface area (Å²) in [5.41, 5.74) is 1.13. The highest BCUT2D eigenvalue weighted by atomic mass is 35.5. The van der Waals surface area contributed by atoms with Crippen LogP contribution in [0, 0.1) is 13.8 Å². The highest BCUT2D eigenvalue weighted by molar-refractivity contribution is 7.89. The van der Waals surface area contributed by atoms with E-state index in [1.165, 1.54) is 20.2 Å². The predicted octanol–water partition coefficient (Wildman–Crippen LogP) is 1.95. The number of aromatic amines is 1. The lowest BCUT2D eigenvalue weighted by molar-refractivity contribution is -0.116. The van der Waals surface area contributed by atoms with Crippen LogP contribution in [0.5, 0.6) is 5.75 Å². The average Bonchev–Trinajstić information content (AvgIpc) is 2.86. The van der Waals surface area contributed by atoms with Gasteiger partial charge in [-0.15, -0.1) is 0 Å². The van der Waals surface area contributed by atoms with Gasteiger partial charge in [0.15, 0.2) is 0 Å². The standard InChI is InChI=1S/C15H19ClN4O4S/c1-9-15(10(2)19-18-9)25(22,23)20(3)8-14(21)17-12-7-11(16)5-6-13(12)24-4/h5-7H,8H2,1-4H3,(H,17,21)(H,18,19). The molecule has 0 saturated carbocycles. The number of likely N-dealkylation sites (N-methyl/N-ethyl adjacent to an activating group) is 1. The van der Waals surface area contributed by atoms with Gasteiger partial charge in [0.05, 0.1) is 30.7 Å². The zero-order valence-electron chi connectivity index (χ0n) is 14.3. The molecule has 1 aromatic heterocycles. The number of aromatic nitrogens is 2. The number of ether oxygens (including phenoxy) is 1. The summed E-state index contributed by atoms with van der Waals surface area (Å²) in [5.74, 6) is -0.102. The molecule has 0 aliphatic heterocycles. The third-order valence-electron chi connectivity index (χ3n) is 3.53. The molecule has 0 bridgehead atoms. The average molecular weight is 387 g/mol. The summed E-state index contributed by atoms with van der Waals surface area (Å²) in [4.78, 5) is 12.3. The van der Waals surface area contributed by atoms with E-state index in [0.29, 0.717) is 27.8 Å². The number of carbonyl (C=O) groups is 1. The minimum absolute atomic E-state index is 0.0723. The molecule has 25 heavy (non-hydrogen) atoms. The van der Waals surface area contributed by atoms with E-state index < -0.39 is 15.9 Å². The number of rotatable bonds is 6. The van der Waals surface area contributed by atoms with Crippen LogP contribution in [-0.2, 0) is 14.8 Å². The number of carbonyl (C=O) groups excluding carboxylic acids is 1. The molecule has 0 atom stereocenters. The van der Waals surface area contributed by atoms with Crippen LogP contribution in [0.1, 0.15) is 11.4 Å². The molecule has 0 radical (unpaired) electrons. The van der Waals surface area contributed by atoms with Gasteiger partial charge in [0, 0.05) is 12.1 Å². The number of nitrogens with one attached hydrogen (secondary N) is 2. The molecule has 0 fully saturated rings. The highest BCUT2D eigenvalue weighted by Crippen LogP contribution is 2.27. The second-order valence-corrected chi connectivity index (χ2v) is 7.84. The Labute approximate surface area is 151 Å². The van der Waals surface area contributed by atoms with Crippen molar-refractivity contribution in [3.8, 4) is 5.75 Å².